The molecule has 0 atom stereocenters. The van der Waals surface area contributed by atoms with Crippen LogP contribution in [0.5, 0.6) is 5.75 Å². The van der Waals surface area contributed by atoms with Crippen molar-refractivity contribution in [1.82, 2.24) is 0 Å². The molecule has 4 bridgehead atoms. The van der Waals surface area contributed by atoms with Gasteiger partial charge in [0.15, 0.2) is 0 Å². The van der Waals surface area contributed by atoms with E-state index in [4.69, 9.17) is 4.74 Å². The molecule has 0 amide bonds. The van der Waals surface area contributed by atoms with Crippen LogP contribution >= 0.6 is 0 Å². The van der Waals surface area contributed by atoms with E-state index < -0.39 is 0 Å². The van der Waals surface area contributed by atoms with E-state index in [-0.39, 0.29) is 5.92 Å². The lowest BCUT2D eigenvalue weighted by molar-refractivity contribution is -0.111. The van der Waals surface area contributed by atoms with Gasteiger partial charge in [-0.2, -0.15) is 0 Å². The summed E-state index contributed by atoms with van der Waals surface area (Å²) in [5, 5.41) is 0. The fraction of sp³-hybridized carbons (Fsp3) is 0.552. The van der Waals surface area contributed by atoms with Gasteiger partial charge in [-0.05, 0) is 98.3 Å². The lowest BCUT2D eigenvalue weighted by Gasteiger charge is -2.57. The minimum absolute atomic E-state index is 0.238. The average molecular weight is 430 g/mol. The largest absolute Gasteiger partial charge is 0.489 e. The highest BCUT2D eigenvalue weighted by Gasteiger charge is 2.52. The van der Waals surface area contributed by atoms with Crippen molar-refractivity contribution in [3.8, 4) is 5.75 Å². The van der Waals surface area contributed by atoms with Gasteiger partial charge in [0.25, 0.3) is 0 Å². The van der Waals surface area contributed by atoms with Crippen molar-refractivity contribution in [3.63, 3.8) is 0 Å². The van der Waals surface area contributed by atoms with Gasteiger partial charge in [0, 0.05) is 30.3 Å². The Kier molecular flexibility index (Phi) is 5.24. The predicted octanol–water partition coefficient (Wildman–Crippen LogP) is 6.15. The molecule has 168 valence electrons. The molecule has 0 N–H and O–H groups in total. The molecule has 3 nitrogen and oxygen atoms in total. The van der Waals surface area contributed by atoms with Crippen molar-refractivity contribution < 1.29 is 9.53 Å². The van der Waals surface area contributed by atoms with Crippen LogP contribution in [-0.2, 0) is 16.8 Å². The summed E-state index contributed by atoms with van der Waals surface area (Å²) in [5.74, 6) is 4.07. The highest BCUT2D eigenvalue weighted by atomic mass is 16.5. The SMILES string of the molecule is O=CC1CCN(c2ccc(OCc3ccccc3)c(C34CC5CC(CC(C5)C3)C4)c2)CC1. The maximum Gasteiger partial charge on any atom is 0.123 e. The summed E-state index contributed by atoms with van der Waals surface area (Å²) in [7, 11) is 0. The Morgan fingerprint density at radius 2 is 1.56 bits per heavy atom. The number of hydrogen-bond acceptors (Lipinski definition) is 3. The molecule has 5 aliphatic rings. The Bertz CT molecular complexity index is 925. The van der Waals surface area contributed by atoms with Crippen LogP contribution in [0.4, 0.5) is 5.69 Å². The Morgan fingerprint density at radius 1 is 0.906 bits per heavy atom. The molecule has 32 heavy (non-hydrogen) atoms. The van der Waals surface area contributed by atoms with Crippen molar-refractivity contribution in [2.75, 3.05) is 18.0 Å². The summed E-state index contributed by atoms with van der Waals surface area (Å²) >= 11 is 0. The zero-order valence-electron chi connectivity index (χ0n) is 19.0. The third-order valence-corrected chi connectivity index (χ3v) is 8.91. The highest BCUT2D eigenvalue weighted by Crippen LogP contribution is 2.62. The first-order valence-electron chi connectivity index (χ1n) is 12.7. The van der Waals surface area contributed by atoms with Crippen molar-refractivity contribution in [2.24, 2.45) is 23.7 Å². The van der Waals surface area contributed by atoms with E-state index in [9.17, 15) is 4.79 Å². The second-order valence-electron chi connectivity index (χ2n) is 11.1. The fourth-order valence-electron chi connectivity index (χ4n) is 7.72. The van der Waals surface area contributed by atoms with Crippen LogP contribution in [0.2, 0.25) is 0 Å². The van der Waals surface area contributed by atoms with E-state index in [0.29, 0.717) is 12.0 Å². The molecule has 5 fully saturated rings. The molecule has 0 spiro atoms. The van der Waals surface area contributed by atoms with Crippen LogP contribution in [0.15, 0.2) is 48.5 Å². The van der Waals surface area contributed by atoms with E-state index in [1.54, 1.807) is 0 Å². The van der Waals surface area contributed by atoms with Gasteiger partial charge in [-0.15, -0.1) is 0 Å². The molecule has 3 heteroatoms. The molecule has 7 rings (SSSR count). The number of ether oxygens (including phenoxy) is 1. The molecule has 0 radical (unpaired) electrons. The van der Waals surface area contributed by atoms with E-state index >= 15 is 0 Å². The average Bonchev–Trinajstić information content (AvgIpc) is 2.82. The molecule has 1 heterocycles. The van der Waals surface area contributed by atoms with Gasteiger partial charge in [-0.3, -0.25) is 0 Å². The number of carbonyl (C=O) groups excluding carboxylic acids is 1. The quantitative estimate of drug-likeness (QED) is 0.516. The van der Waals surface area contributed by atoms with Crippen LogP contribution in [0.3, 0.4) is 0 Å². The van der Waals surface area contributed by atoms with Gasteiger partial charge in [-0.25, -0.2) is 0 Å². The molecule has 0 unspecified atom stereocenters. The summed E-state index contributed by atoms with van der Waals surface area (Å²) in [6.45, 7) is 2.59. The zero-order valence-corrected chi connectivity index (χ0v) is 19.0. The van der Waals surface area contributed by atoms with Crippen molar-refractivity contribution >= 4 is 12.0 Å². The normalized spacial score (nSPS) is 31.6. The number of piperidine rings is 1. The summed E-state index contributed by atoms with van der Waals surface area (Å²) in [6.07, 6.45) is 11.5. The number of hydrogen-bond donors (Lipinski definition) is 0. The first-order valence-corrected chi connectivity index (χ1v) is 12.7. The second-order valence-corrected chi connectivity index (χ2v) is 11.1. The molecule has 4 aliphatic carbocycles. The van der Waals surface area contributed by atoms with Crippen molar-refractivity contribution in [1.29, 1.82) is 0 Å². The molecule has 2 aromatic rings. The predicted molar refractivity (Wildman–Crippen MR) is 128 cm³/mol. The summed E-state index contributed by atoms with van der Waals surface area (Å²) < 4.78 is 6.52. The van der Waals surface area contributed by atoms with Crippen LogP contribution in [-0.4, -0.2) is 19.4 Å². The lowest BCUT2D eigenvalue weighted by atomic mass is 9.48. The van der Waals surface area contributed by atoms with Gasteiger partial charge < -0.3 is 14.4 Å². The maximum atomic E-state index is 11.2. The van der Waals surface area contributed by atoms with E-state index in [1.807, 2.05) is 0 Å². The fourth-order valence-corrected chi connectivity index (χ4v) is 7.72. The van der Waals surface area contributed by atoms with Gasteiger partial charge in [-0.1, -0.05) is 30.3 Å². The number of aldehydes is 1. The van der Waals surface area contributed by atoms with E-state index in [1.165, 1.54) is 55.3 Å². The Morgan fingerprint density at radius 3 is 2.19 bits per heavy atom. The molecular formula is C29H35NO2. The monoisotopic (exact) mass is 429 g/mol. The van der Waals surface area contributed by atoms with Gasteiger partial charge in [0.2, 0.25) is 0 Å². The molecule has 1 saturated heterocycles. The smallest absolute Gasteiger partial charge is 0.123 e. The van der Waals surface area contributed by atoms with E-state index in [0.717, 1.165) is 55.7 Å². The number of nitrogens with zero attached hydrogens (tertiary/aromatic N) is 1. The number of carbonyl (C=O) groups is 1. The molecule has 2 aromatic carbocycles. The van der Waals surface area contributed by atoms with Crippen LogP contribution in [0.25, 0.3) is 0 Å². The number of anilines is 1. The first kappa shape index (κ1) is 20.3. The van der Waals surface area contributed by atoms with Gasteiger partial charge in [0.1, 0.15) is 18.6 Å². The summed E-state index contributed by atoms with van der Waals surface area (Å²) in [6, 6.07) is 17.5. The highest BCUT2D eigenvalue weighted by molar-refractivity contribution is 5.58. The van der Waals surface area contributed by atoms with Crippen LogP contribution < -0.4 is 9.64 Å². The van der Waals surface area contributed by atoms with Crippen LogP contribution in [0, 0.1) is 23.7 Å². The van der Waals surface area contributed by atoms with Gasteiger partial charge in [0.05, 0.1) is 0 Å². The zero-order chi connectivity index (χ0) is 21.5. The number of benzene rings is 2. The van der Waals surface area contributed by atoms with Gasteiger partial charge >= 0.3 is 0 Å². The minimum Gasteiger partial charge on any atom is -0.489 e. The third-order valence-electron chi connectivity index (χ3n) is 8.91. The molecule has 4 saturated carbocycles. The maximum absolute atomic E-state index is 11.2. The van der Waals surface area contributed by atoms with Crippen molar-refractivity contribution in [2.45, 2.75) is 63.4 Å². The Balaban J connectivity index is 1.32. The van der Waals surface area contributed by atoms with Crippen LogP contribution in [0.1, 0.15) is 62.5 Å². The molecular weight excluding hydrogens is 394 g/mol. The molecule has 1 aliphatic heterocycles. The third kappa shape index (κ3) is 3.74. The number of rotatable bonds is 6. The summed E-state index contributed by atoms with van der Waals surface area (Å²) in [4.78, 5) is 13.7. The minimum atomic E-state index is 0.238. The second kappa shape index (κ2) is 8.24. The Labute approximate surface area is 192 Å². The van der Waals surface area contributed by atoms with Crippen molar-refractivity contribution in [3.05, 3.63) is 59.7 Å². The lowest BCUT2D eigenvalue weighted by Crippen LogP contribution is -2.48. The topological polar surface area (TPSA) is 29.5 Å². The first-order chi connectivity index (χ1) is 15.7. The summed E-state index contributed by atoms with van der Waals surface area (Å²) in [5.41, 5.74) is 4.33. The van der Waals surface area contributed by atoms with E-state index in [2.05, 4.69) is 53.4 Å². The Hall–Kier alpha value is -2.29. The standard InChI is InChI=1S/C29H35NO2/c31-19-21-8-10-30(11-9-21)26-6-7-28(32-20-22-4-2-1-3-5-22)27(15-26)29-16-23-12-24(17-29)14-25(13-23)18-29/h1-7,15,19,21,23-25H,8-14,16-18,20H2. The molecule has 0 aromatic heterocycles.